The van der Waals surface area contributed by atoms with Gasteiger partial charge in [-0.15, -0.1) is 0 Å². The number of nitrogens with zero attached hydrogens (tertiary/aromatic N) is 4. The highest BCUT2D eigenvalue weighted by molar-refractivity contribution is 5.98. The van der Waals surface area contributed by atoms with E-state index in [1.807, 2.05) is 26.8 Å². The number of pyridine rings is 2. The van der Waals surface area contributed by atoms with E-state index in [0.29, 0.717) is 56.0 Å². The number of carbonyl (C=O) groups is 1. The fourth-order valence-corrected chi connectivity index (χ4v) is 4.33. The van der Waals surface area contributed by atoms with Crippen molar-refractivity contribution in [1.82, 2.24) is 30.1 Å². The fourth-order valence-electron chi connectivity index (χ4n) is 4.33. The number of benzene rings is 2. The maximum atomic E-state index is 15.2. The van der Waals surface area contributed by atoms with Crippen molar-refractivity contribution in [2.75, 3.05) is 5.32 Å². The molecule has 6 aromatic rings. The molecule has 0 bridgehead atoms. The third-order valence-corrected chi connectivity index (χ3v) is 6.39. The molecule has 0 unspecified atom stereocenters. The van der Waals surface area contributed by atoms with E-state index in [1.165, 1.54) is 30.6 Å². The first-order valence-corrected chi connectivity index (χ1v) is 12.2. The summed E-state index contributed by atoms with van der Waals surface area (Å²) in [5.41, 5.74) is 4.10. The van der Waals surface area contributed by atoms with Crippen LogP contribution in [0.1, 0.15) is 20.8 Å². The molecular formula is C29H23F2N7O. The summed E-state index contributed by atoms with van der Waals surface area (Å²) >= 11 is 0. The molecule has 0 fully saturated rings. The van der Waals surface area contributed by atoms with Crippen molar-refractivity contribution in [2.45, 2.75) is 20.8 Å². The summed E-state index contributed by atoms with van der Waals surface area (Å²) in [5.74, 6) is -0.569. The zero-order valence-electron chi connectivity index (χ0n) is 21.3. The van der Waals surface area contributed by atoms with E-state index < -0.39 is 11.2 Å². The number of aromatic nitrogens is 6. The van der Waals surface area contributed by atoms with Crippen LogP contribution in [0.5, 0.6) is 0 Å². The monoisotopic (exact) mass is 523 g/mol. The van der Waals surface area contributed by atoms with Crippen molar-refractivity contribution in [2.24, 2.45) is 5.41 Å². The normalized spacial score (nSPS) is 11.8. The van der Waals surface area contributed by atoms with Crippen molar-refractivity contribution in [3.05, 3.63) is 78.8 Å². The van der Waals surface area contributed by atoms with E-state index in [-0.39, 0.29) is 11.7 Å². The van der Waals surface area contributed by atoms with Gasteiger partial charge in [-0.2, -0.15) is 5.10 Å². The second kappa shape index (κ2) is 9.09. The van der Waals surface area contributed by atoms with Crippen LogP contribution in [0.2, 0.25) is 0 Å². The molecule has 1 amide bonds. The van der Waals surface area contributed by atoms with Gasteiger partial charge in [0, 0.05) is 46.0 Å². The van der Waals surface area contributed by atoms with Gasteiger partial charge in [-0.05, 0) is 35.9 Å². The smallest absolute Gasteiger partial charge is 0.229 e. The van der Waals surface area contributed by atoms with E-state index in [1.54, 1.807) is 30.5 Å². The van der Waals surface area contributed by atoms with Gasteiger partial charge in [-0.3, -0.25) is 14.9 Å². The van der Waals surface area contributed by atoms with Gasteiger partial charge in [0.15, 0.2) is 11.5 Å². The molecule has 0 radical (unpaired) electrons. The van der Waals surface area contributed by atoms with Crippen LogP contribution < -0.4 is 5.32 Å². The minimum absolute atomic E-state index is 0.175. The Hall–Kier alpha value is -4.99. The number of amides is 1. The molecule has 8 nitrogen and oxygen atoms in total. The lowest BCUT2D eigenvalue weighted by Crippen LogP contribution is -2.27. The van der Waals surface area contributed by atoms with Gasteiger partial charge in [0.25, 0.3) is 0 Å². The summed E-state index contributed by atoms with van der Waals surface area (Å²) in [4.78, 5) is 28.9. The Morgan fingerprint density at radius 3 is 2.62 bits per heavy atom. The van der Waals surface area contributed by atoms with E-state index in [0.717, 1.165) is 5.56 Å². The summed E-state index contributed by atoms with van der Waals surface area (Å²) < 4.78 is 29.1. The molecule has 10 heteroatoms. The molecule has 39 heavy (non-hydrogen) atoms. The van der Waals surface area contributed by atoms with Gasteiger partial charge in [-0.25, -0.2) is 18.7 Å². The number of H-pyrrole nitrogens is 2. The highest BCUT2D eigenvalue weighted by Gasteiger charge is 2.22. The van der Waals surface area contributed by atoms with Crippen LogP contribution in [0.15, 0.2) is 67.1 Å². The number of nitrogens with one attached hydrogen (secondary N) is 3. The van der Waals surface area contributed by atoms with Gasteiger partial charge in [-0.1, -0.05) is 32.9 Å². The second-order valence-corrected chi connectivity index (χ2v) is 10.3. The van der Waals surface area contributed by atoms with E-state index >= 15 is 4.39 Å². The molecule has 0 aliphatic rings. The Morgan fingerprint density at radius 1 is 0.974 bits per heavy atom. The van der Waals surface area contributed by atoms with Crippen LogP contribution >= 0.6 is 0 Å². The van der Waals surface area contributed by atoms with Gasteiger partial charge in [0.2, 0.25) is 5.91 Å². The summed E-state index contributed by atoms with van der Waals surface area (Å²) in [6.45, 7) is 5.42. The largest absolute Gasteiger partial charge is 0.335 e. The number of hydrogen-bond acceptors (Lipinski definition) is 5. The molecule has 4 aromatic heterocycles. The van der Waals surface area contributed by atoms with Gasteiger partial charge >= 0.3 is 0 Å². The zero-order valence-corrected chi connectivity index (χ0v) is 21.3. The quantitative estimate of drug-likeness (QED) is 0.244. The van der Waals surface area contributed by atoms with Crippen LogP contribution in [-0.4, -0.2) is 36.0 Å². The lowest BCUT2D eigenvalue weighted by molar-refractivity contribution is -0.123. The molecule has 0 atom stereocenters. The molecule has 2 aromatic carbocycles. The van der Waals surface area contributed by atoms with E-state index in [2.05, 4.69) is 35.5 Å². The predicted molar refractivity (Wildman–Crippen MR) is 146 cm³/mol. The standard InChI is InChI=1S/C29H23F2N7O/c1-29(2,3)28(39)34-18-10-16(13-32-14-18)20-11-21-23(12-22(20)31)37-38-25(21)27-35-24-19(7-8-33-26(24)36-27)15-5-4-6-17(30)9-15/h4-14H,1-3H3,(H,34,39)(H,37,38)(H,33,35,36). The first-order chi connectivity index (χ1) is 18.7. The average molecular weight is 524 g/mol. The first kappa shape index (κ1) is 24.4. The van der Waals surface area contributed by atoms with Crippen LogP contribution in [0.4, 0.5) is 14.5 Å². The Labute approximate surface area is 221 Å². The van der Waals surface area contributed by atoms with Gasteiger partial charge in [0.05, 0.1) is 22.9 Å². The number of hydrogen-bond donors (Lipinski definition) is 3. The molecule has 6 rings (SSSR count). The first-order valence-electron chi connectivity index (χ1n) is 12.2. The minimum atomic E-state index is -0.595. The number of carbonyl (C=O) groups excluding carboxylic acids is 1. The average Bonchev–Trinajstić information content (AvgIpc) is 3.51. The lowest BCUT2D eigenvalue weighted by Gasteiger charge is -2.17. The second-order valence-electron chi connectivity index (χ2n) is 10.3. The number of fused-ring (bicyclic) bond motifs is 2. The SMILES string of the molecule is CC(C)(C)C(=O)Nc1cncc(-c2cc3c(-c4nc5nccc(-c6cccc(F)c6)c5[nH]4)n[nH]c3cc2F)c1. The molecular weight excluding hydrogens is 500 g/mol. The Kier molecular flexibility index (Phi) is 5.67. The number of rotatable bonds is 4. The molecule has 4 heterocycles. The third-order valence-electron chi connectivity index (χ3n) is 6.39. The summed E-state index contributed by atoms with van der Waals surface area (Å²) in [6, 6.07) is 12.8. The maximum absolute atomic E-state index is 15.2. The van der Waals surface area contributed by atoms with Crippen LogP contribution in [0.25, 0.3) is 55.8 Å². The van der Waals surface area contributed by atoms with Crippen LogP contribution in [-0.2, 0) is 4.79 Å². The molecule has 0 saturated carbocycles. The molecule has 0 saturated heterocycles. The predicted octanol–water partition coefficient (Wildman–Crippen LogP) is 6.49. The highest BCUT2D eigenvalue weighted by atomic mass is 19.1. The van der Waals surface area contributed by atoms with Crippen molar-refractivity contribution in [1.29, 1.82) is 0 Å². The van der Waals surface area contributed by atoms with Crippen molar-refractivity contribution >= 4 is 33.7 Å². The molecule has 194 valence electrons. The van der Waals surface area contributed by atoms with Crippen molar-refractivity contribution < 1.29 is 13.6 Å². The molecule has 0 aliphatic carbocycles. The summed E-state index contributed by atoms with van der Waals surface area (Å²) in [6.07, 6.45) is 4.67. The molecule has 3 N–H and O–H groups in total. The van der Waals surface area contributed by atoms with E-state index in [9.17, 15) is 9.18 Å². The molecule has 0 aliphatic heterocycles. The van der Waals surface area contributed by atoms with Crippen LogP contribution in [0, 0.1) is 17.0 Å². The summed E-state index contributed by atoms with van der Waals surface area (Å²) in [5, 5.41) is 10.7. The number of halogens is 2. The van der Waals surface area contributed by atoms with E-state index in [4.69, 9.17) is 0 Å². The zero-order chi connectivity index (χ0) is 27.3. The minimum Gasteiger partial charge on any atom is -0.335 e. The van der Waals surface area contributed by atoms with Gasteiger partial charge < -0.3 is 10.3 Å². The Bertz CT molecular complexity index is 1880. The number of aromatic amines is 2. The van der Waals surface area contributed by atoms with Crippen LogP contribution in [0.3, 0.4) is 0 Å². The lowest BCUT2D eigenvalue weighted by atomic mass is 9.95. The third kappa shape index (κ3) is 4.50. The number of anilines is 1. The molecule has 0 spiro atoms. The summed E-state index contributed by atoms with van der Waals surface area (Å²) in [7, 11) is 0. The fraction of sp³-hybridized carbons (Fsp3) is 0.138. The van der Waals surface area contributed by atoms with Crippen molar-refractivity contribution in [3.63, 3.8) is 0 Å². The Morgan fingerprint density at radius 2 is 1.82 bits per heavy atom. The highest BCUT2D eigenvalue weighted by Crippen LogP contribution is 2.34. The topological polar surface area (TPSA) is 112 Å². The number of imidazole rings is 1. The maximum Gasteiger partial charge on any atom is 0.229 e. The van der Waals surface area contributed by atoms with Crippen molar-refractivity contribution in [3.8, 4) is 33.8 Å². The Balaban J connectivity index is 1.43. The van der Waals surface area contributed by atoms with Gasteiger partial charge in [0.1, 0.15) is 17.3 Å².